The lowest BCUT2D eigenvalue weighted by molar-refractivity contribution is -0.138. The second-order valence-corrected chi connectivity index (χ2v) is 7.69. The van der Waals surface area contributed by atoms with E-state index in [1.807, 2.05) is 0 Å². The zero-order valence-corrected chi connectivity index (χ0v) is 18.3. The lowest BCUT2D eigenvalue weighted by atomic mass is 10.0. The summed E-state index contributed by atoms with van der Waals surface area (Å²) in [6.45, 7) is -1.07. The monoisotopic (exact) mass is 513 g/mol. The number of pyridine rings is 1. The molecule has 0 unspecified atom stereocenters. The van der Waals surface area contributed by atoms with Crippen LogP contribution in [-0.4, -0.2) is 21.0 Å². The SMILES string of the molecule is O=C(/C=C/c1ccc(CN(Cc2cccnc2)Cc2cc(F)c(F)c(F)c2F)c(C(F)(F)F)c1)NO. The van der Waals surface area contributed by atoms with Crippen molar-refractivity contribution in [2.45, 2.75) is 25.8 Å². The smallest absolute Gasteiger partial charge is 0.290 e. The van der Waals surface area contributed by atoms with Crippen molar-refractivity contribution in [1.29, 1.82) is 0 Å². The Labute approximate surface area is 200 Å². The summed E-state index contributed by atoms with van der Waals surface area (Å²) < 4.78 is 96.7. The number of nitrogens with zero attached hydrogens (tertiary/aromatic N) is 2. The number of carbonyl (C=O) groups excluding carboxylic acids is 1. The van der Waals surface area contributed by atoms with Crippen molar-refractivity contribution in [1.82, 2.24) is 15.4 Å². The first kappa shape index (κ1) is 26.8. The number of benzene rings is 2. The predicted molar refractivity (Wildman–Crippen MR) is 114 cm³/mol. The van der Waals surface area contributed by atoms with E-state index in [1.165, 1.54) is 28.8 Å². The number of rotatable bonds is 8. The molecule has 0 aliphatic rings. The first-order valence-corrected chi connectivity index (χ1v) is 10.2. The van der Waals surface area contributed by atoms with Crippen molar-refractivity contribution >= 4 is 12.0 Å². The molecule has 2 aromatic carbocycles. The van der Waals surface area contributed by atoms with E-state index in [4.69, 9.17) is 5.21 Å². The van der Waals surface area contributed by atoms with E-state index < -0.39 is 59.6 Å². The number of nitrogens with one attached hydrogen (secondary N) is 1. The van der Waals surface area contributed by atoms with E-state index in [9.17, 15) is 35.5 Å². The number of alkyl halides is 3. The fourth-order valence-corrected chi connectivity index (χ4v) is 3.44. The summed E-state index contributed by atoms with van der Waals surface area (Å²) in [7, 11) is 0. The third kappa shape index (κ3) is 6.67. The predicted octanol–water partition coefficient (Wildman–Crippen LogP) is 5.38. The number of hydrogen-bond donors (Lipinski definition) is 2. The van der Waals surface area contributed by atoms with Gasteiger partial charge in [-0.3, -0.25) is 19.9 Å². The van der Waals surface area contributed by atoms with E-state index in [1.54, 1.807) is 12.1 Å². The van der Waals surface area contributed by atoms with Crippen molar-refractivity contribution in [2.75, 3.05) is 0 Å². The molecule has 0 aliphatic carbocycles. The van der Waals surface area contributed by atoms with E-state index in [-0.39, 0.29) is 17.7 Å². The summed E-state index contributed by atoms with van der Waals surface area (Å²) in [5.41, 5.74) is -0.0712. The maximum absolute atomic E-state index is 14.3. The Morgan fingerprint density at radius 3 is 2.33 bits per heavy atom. The van der Waals surface area contributed by atoms with Crippen molar-refractivity contribution in [3.05, 3.63) is 106 Å². The van der Waals surface area contributed by atoms with Crippen LogP contribution in [0.1, 0.15) is 27.8 Å². The van der Waals surface area contributed by atoms with E-state index >= 15 is 0 Å². The van der Waals surface area contributed by atoms with Crippen LogP contribution in [0.25, 0.3) is 6.08 Å². The molecule has 190 valence electrons. The fourth-order valence-electron chi connectivity index (χ4n) is 3.44. The second-order valence-electron chi connectivity index (χ2n) is 7.69. The third-order valence-electron chi connectivity index (χ3n) is 5.07. The van der Waals surface area contributed by atoms with Gasteiger partial charge in [0.25, 0.3) is 5.91 Å². The summed E-state index contributed by atoms with van der Waals surface area (Å²) in [6, 6.07) is 6.82. The van der Waals surface area contributed by atoms with Crippen molar-refractivity contribution in [2.24, 2.45) is 0 Å². The number of halogens is 7. The molecule has 3 rings (SSSR count). The van der Waals surface area contributed by atoms with Gasteiger partial charge >= 0.3 is 6.18 Å². The number of amides is 1. The molecule has 0 fully saturated rings. The van der Waals surface area contributed by atoms with Gasteiger partial charge < -0.3 is 0 Å². The highest BCUT2D eigenvalue weighted by Crippen LogP contribution is 2.34. The molecule has 0 bridgehead atoms. The Balaban J connectivity index is 2.00. The summed E-state index contributed by atoms with van der Waals surface area (Å²) in [6.07, 6.45) is -0.0668. The molecule has 1 heterocycles. The molecule has 0 spiro atoms. The number of hydrogen-bond acceptors (Lipinski definition) is 4. The summed E-state index contributed by atoms with van der Waals surface area (Å²) in [4.78, 5) is 16.3. The molecular weight excluding hydrogens is 495 g/mol. The number of hydroxylamine groups is 1. The Morgan fingerprint density at radius 2 is 1.69 bits per heavy atom. The van der Waals surface area contributed by atoms with Gasteiger partial charge in [0.1, 0.15) is 0 Å². The summed E-state index contributed by atoms with van der Waals surface area (Å²) >= 11 is 0. The molecule has 5 nitrogen and oxygen atoms in total. The molecule has 2 N–H and O–H groups in total. The van der Waals surface area contributed by atoms with E-state index in [2.05, 4.69) is 4.98 Å². The van der Waals surface area contributed by atoms with Gasteiger partial charge in [0, 0.05) is 43.7 Å². The van der Waals surface area contributed by atoms with Gasteiger partial charge in [-0.1, -0.05) is 18.2 Å². The lowest BCUT2D eigenvalue weighted by Gasteiger charge is -2.25. The van der Waals surface area contributed by atoms with Gasteiger partial charge in [0.2, 0.25) is 0 Å². The topological polar surface area (TPSA) is 65.5 Å². The van der Waals surface area contributed by atoms with Crippen LogP contribution in [0, 0.1) is 23.3 Å². The Kier molecular flexibility index (Phi) is 8.43. The van der Waals surface area contributed by atoms with Crippen LogP contribution < -0.4 is 5.48 Å². The second kappa shape index (κ2) is 11.3. The van der Waals surface area contributed by atoms with Gasteiger partial charge in [-0.25, -0.2) is 23.0 Å². The average Bonchev–Trinajstić information content (AvgIpc) is 2.85. The molecule has 0 aliphatic heterocycles. The highest BCUT2D eigenvalue weighted by Gasteiger charge is 2.34. The minimum Gasteiger partial charge on any atom is -0.290 e. The maximum atomic E-state index is 14.3. The highest BCUT2D eigenvalue weighted by molar-refractivity contribution is 5.90. The number of aromatic nitrogens is 1. The first-order chi connectivity index (χ1) is 17.0. The van der Waals surface area contributed by atoms with Crippen LogP contribution in [0.2, 0.25) is 0 Å². The van der Waals surface area contributed by atoms with Gasteiger partial charge in [0.05, 0.1) is 5.56 Å². The van der Waals surface area contributed by atoms with Crippen LogP contribution in [0.4, 0.5) is 30.7 Å². The Hall–Kier alpha value is -3.77. The molecule has 0 saturated heterocycles. The molecule has 0 radical (unpaired) electrons. The maximum Gasteiger partial charge on any atom is 0.416 e. The molecule has 0 atom stereocenters. The average molecular weight is 513 g/mol. The van der Waals surface area contributed by atoms with Gasteiger partial charge in [-0.15, -0.1) is 0 Å². The molecule has 0 saturated carbocycles. The van der Waals surface area contributed by atoms with Crippen LogP contribution in [0.3, 0.4) is 0 Å². The van der Waals surface area contributed by atoms with Crippen LogP contribution >= 0.6 is 0 Å². The molecule has 1 aromatic heterocycles. The molecule has 12 heteroatoms. The standard InChI is InChI=1S/C24H18F7N3O2/c25-19-9-17(21(26)23(28)22(19)27)13-34(11-15-2-1-7-32-10-15)12-16-5-3-14(4-6-20(35)33-36)8-18(16)24(29,30)31/h1-10,36H,11-13H2,(H,33,35)/b6-4+. The van der Waals surface area contributed by atoms with Gasteiger partial charge in [-0.05, 0) is 41.0 Å². The molecule has 1 amide bonds. The first-order valence-electron chi connectivity index (χ1n) is 10.2. The zero-order chi connectivity index (χ0) is 26.5. The van der Waals surface area contributed by atoms with Crippen LogP contribution in [0.15, 0.2) is 54.9 Å². The van der Waals surface area contributed by atoms with Crippen LogP contribution in [-0.2, 0) is 30.6 Å². The van der Waals surface area contributed by atoms with Crippen molar-refractivity contribution in [3.8, 4) is 0 Å². The quantitative estimate of drug-likeness (QED) is 0.106. The molecule has 36 heavy (non-hydrogen) atoms. The normalized spacial score (nSPS) is 11.9. The third-order valence-corrected chi connectivity index (χ3v) is 5.07. The highest BCUT2D eigenvalue weighted by atomic mass is 19.4. The minimum atomic E-state index is -4.82. The van der Waals surface area contributed by atoms with Gasteiger partial charge in [0.15, 0.2) is 23.3 Å². The van der Waals surface area contributed by atoms with E-state index in [0.29, 0.717) is 11.6 Å². The van der Waals surface area contributed by atoms with E-state index in [0.717, 1.165) is 24.3 Å². The van der Waals surface area contributed by atoms with Crippen molar-refractivity contribution < 1.29 is 40.7 Å². The van der Waals surface area contributed by atoms with Crippen LogP contribution in [0.5, 0.6) is 0 Å². The summed E-state index contributed by atoms with van der Waals surface area (Å²) in [5, 5.41) is 8.52. The Bertz CT molecular complexity index is 1260. The fraction of sp³-hybridized carbons (Fsp3) is 0.167. The zero-order valence-electron chi connectivity index (χ0n) is 18.3. The molecular formula is C24H18F7N3O2. The molecule has 3 aromatic rings. The minimum absolute atomic E-state index is 0.00204. The largest absolute Gasteiger partial charge is 0.416 e. The Morgan fingerprint density at radius 1 is 0.972 bits per heavy atom. The van der Waals surface area contributed by atoms with Crippen molar-refractivity contribution in [3.63, 3.8) is 0 Å². The van der Waals surface area contributed by atoms with Gasteiger partial charge in [-0.2, -0.15) is 13.2 Å². The number of carbonyl (C=O) groups is 1. The lowest BCUT2D eigenvalue weighted by Crippen LogP contribution is -2.25. The summed E-state index contributed by atoms with van der Waals surface area (Å²) in [5.74, 6) is -8.25.